The minimum absolute atomic E-state index is 0.0482. The number of rotatable bonds is 9. The van der Waals surface area contributed by atoms with E-state index in [1.165, 1.54) is 16.9 Å². The van der Waals surface area contributed by atoms with E-state index in [2.05, 4.69) is 48.4 Å². The number of aromatic nitrogens is 2. The molecule has 1 heterocycles. The van der Waals surface area contributed by atoms with E-state index in [0.717, 1.165) is 23.6 Å². The van der Waals surface area contributed by atoms with E-state index < -0.39 is 0 Å². The summed E-state index contributed by atoms with van der Waals surface area (Å²) in [5.74, 6) is 1.31. The number of nitrogens with one attached hydrogen (secondary N) is 1. The van der Waals surface area contributed by atoms with Crippen LogP contribution in [0.1, 0.15) is 56.5 Å². The number of amides is 1. The molecule has 0 radical (unpaired) electrons. The minimum atomic E-state index is -0.0482. The maximum Gasteiger partial charge on any atom is 0.226 e. The largest absolute Gasteiger partial charge is 0.494 e. The highest BCUT2D eigenvalue weighted by atomic mass is 32.1. The van der Waals surface area contributed by atoms with Crippen LogP contribution in [0, 0.1) is 0 Å². The predicted octanol–water partition coefficient (Wildman–Crippen LogP) is 4.41. The predicted molar refractivity (Wildman–Crippen MR) is 97.8 cm³/mol. The summed E-state index contributed by atoms with van der Waals surface area (Å²) in [6.45, 7) is 6.94. The van der Waals surface area contributed by atoms with E-state index in [9.17, 15) is 4.79 Å². The standard InChI is InChI=1S/C18H25N3O2S/c1-4-6-17-20-21-18(24-17)19-16(22)7-5-12-23-15-10-8-14(9-11-15)13(2)3/h8-11,13H,4-7,12H2,1-3H3,(H,19,21,22). The highest BCUT2D eigenvalue weighted by molar-refractivity contribution is 7.15. The third-order valence-electron chi connectivity index (χ3n) is 3.54. The van der Waals surface area contributed by atoms with Gasteiger partial charge in [0.05, 0.1) is 6.61 Å². The molecule has 0 aliphatic rings. The lowest BCUT2D eigenvalue weighted by Crippen LogP contribution is -2.12. The number of carbonyl (C=O) groups excluding carboxylic acids is 1. The van der Waals surface area contributed by atoms with Crippen molar-refractivity contribution in [3.05, 3.63) is 34.8 Å². The Morgan fingerprint density at radius 2 is 2.00 bits per heavy atom. The molecule has 0 atom stereocenters. The first-order valence-corrected chi connectivity index (χ1v) is 9.25. The summed E-state index contributed by atoms with van der Waals surface area (Å²) in [6.07, 6.45) is 3.00. The van der Waals surface area contributed by atoms with E-state index >= 15 is 0 Å². The van der Waals surface area contributed by atoms with Gasteiger partial charge in [0.25, 0.3) is 0 Å². The summed E-state index contributed by atoms with van der Waals surface area (Å²) in [5, 5.41) is 12.3. The summed E-state index contributed by atoms with van der Waals surface area (Å²) in [7, 11) is 0. The van der Waals surface area contributed by atoms with Crippen molar-refractivity contribution in [1.82, 2.24) is 10.2 Å². The zero-order chi connectivity index (χ0) is 17.4. The van der Waals surface area contributed by atoms with Crippen molar-refractivity contribution in [1.29, 1.82) is 0 Å². The molecule has 1 aromatic heterocycles. The van der Waals surface area contributed by atoms with Crippen molar-refractivity contribution in [2.24, 2.45) is 0 Å². The van der Waals surface area contributed by atoms with Gasteiger partial charge < -0.3 is 10.1 Å². The second kappa shape index (κ2) is 9.37. The summed E-state index contributed by atoms with van der Waals surface area (Å²) >= 11 is 1.44. The van der Waals surface area contributed by atoms with Gasteiger partial charge in [0.15, 0.2) is 0 Å². The van der Waals surface area contributed by atoms with Crippen LogP contribution in [-0.4, -0.2) is 22.7 Å². The Balaban J connectivity index is 1.66. The molecule has 24 heavy (non-hydrogen) atoms. The quantitative estimate of drug-likeness (QED) is 0.682. The van der Waals surface area contributed by atoms with Gasteiger partial charge in [0.1, 0.15) is 10.8 Å². The maximum absolute atomic E-state index is 11.9. The van der Waals surface area contributed by atoms with Crippen LogP contribution >= 0.6 is 11.3 Å². The van der Waals surface area contributed by atoms with Gasteiger partial charge in [-0.3, -0.25) is 4.79 Å². The Bertz CT molecular complexity index is 638. The number of carbonyl (C=O) groups is 1. The normalized spacial score (nSPS) is 10.8. The van der Waals surface area contributed by atoms with Crippen LogP contribution in [0.2, 0.25) is 0 Å². The van der Waals surface area contributed by atoms with Crippen LogP contribution in [0.25, 0.3) is 0 Å². The minimum Gasteiger partial charge on any atom is -0.494 e. The second-order valence-corrected chi connectivity index (χ2v) is 7.04. The lowest BCUT2D eigenvalue weighted by atomic mass is 10.0. The molecule has 0 bridgehead atoms. The Morgan fingerprint density at radius 1 is 1.25 bits per heavy atom. The maximum atomic E-state index is 11.9. The van der Waals surface area contributed by atoms with Gasteiger partial charge in [-0.15, -0.1) is 10.2 Å². The van der Waals surface area contributed by atoms with Crippen LogP contribution in [0.5, 0.6) is 5.75 Å². The number of hydrogen-bond acceptors (Lipinski definition) is 5. The fraction of sp³-hybridized carbons (Fsp3) is 0.500. The summed E-state index contributed by atoms with van der Waals surface area (Å²) < 4.78 is 5.67. The smallest absolute Gasteiger partial charge is 0.226 e. The molecule has 5 nitrogen and oxygen atoms in total. The average Bonchev–Trinajstić information content (AvgIpc) is 2.99. The summed E-state index contributed by atoms with van der Waals surface area (Å²) in [5.41, 5.74) is 1.29. The van der Waals surface area contributed by atoms with Gasteiger partial charge in [0, 0.05) is 12.8 Å². The zero-order valence-electron chi connectivity index (χ0n) is 14.5. The van der Waals surface area contributed by atoms with Gasteiger partial charge >= 0.3 is 0 Å². The average molecular weight is 347 g/mol. The molecule has 1 N–H and O–H groups in total. The molecule has 6 heteroatoms. The van der Waals surface area contributed by atoms with Gasteiger partial charge in [0.2, 0.25) is 11.0 Å². The Hall–Kier alpha value is -1.95. The molecular formula is C18H25N3O2S. The first-order chi connectivity index (χ1) is 11.6. The number of benzene rings is 1. The van der Waals surface area contributed by atoms with E-state index in [-0.39, 0.29) is 5.91 Å². The molecule has 0 saturated carbocycles. The lowest BCUT2D eigenvalue weighted by Gasteiger charge is -2.08. The Labute approximate surface area is 147 Å². The van der Waals surface area contributed by atoms with Crippen molar-refractivity contribution >= 4 is 22.4 Å². The van der Waals surface area contributed by atoms with E-state index in [0.29, 0.717) is 30.5 Å². The Morgan fingerprint density at radius 3 is 2.67 bits per heavy atom. The number of nitrogens with zero attached hydrogens (tertiary/aromatic N) is 2. The Kier molecular flexibility index (Phi) is 7.18. The molecule has 0 spiro atoms. The van der Waals surface area contributed by atoms with Crippen molar-refractivity contribution in [3.63, 3.8) is 0 Å². The van der Waals surface area contributed by atoms with Crippen molar-refractivity contribution < 1.29 is 9.53 Å². The van der Waals surface area contributed by atoms with Crippen LogP contribution < -0.4 is 10.1 Å². The van der Waals surface area contributed by atoms with Crippen LogP contribution in [0.15, 0.2) is 24.3 Å². The lowest BCUT2D eigenvalue weighted by molar-refractivity contribution is -0.116. The van der Waals surface area contributed by atoms with Gasteiger partial charge in [-0.1, -0.05) is 44.2 Å². The molecule has 0 saturated heterocycles. The van der Waals surface area contributed by atoms with Crippen molar-refractivity contribution in [2.45, 2.75) is 52.4 Å². The topological polar surface area (TPSA) is 64.1 Å². The summed E-state index contributed by atoms with van der Waals surface area (Å²) in [4.78, 5) is 11.9. The number of aryl methyl sites for hydroxylation is 1. The number of hydrogen-bond donors (Lipinski definition) is 1. The van der Waals surface area contributed by atoms with Crippen LogP contribution in [0.3, 0.4) is 0 Å². The highest BCUT2D eigenvalue weighted by Crippen LogP contribution is 2.19. The van der Waals surface area contributed by atoms with Gasteiger partial charge in [-0.25, -0.2) is 0 Å². The molecule has 1 amide bonds. The summed E-state index contributed by atoms with van der Waals surface area (Å²) in [6, 6.07) is 8.11. The van der Waals surface area contributed by atoms with Crippen LogP contribution in [0.4, 0.5) is 5.13 Å². The molecule has 0 aliphatic heterocycles. The van der Waals surface area contributed by atoms with Crippen molar-refractivity contribution in [3.8, 4) is 5.75 Å². The molecular weight excluding hydrogens is 322 g/mol. The van der Waals surface area contributed by atoms with E-state index in [4.69, 9.17) is 4.74 Å². The third-order valence-corrected chi connectivity index (χ3v) is 4.44. The van der Waals surface area contributed by atoms with Crippen molar-refractivity contribution in [2.75, 3.05) is 11.9 Å². The molecule has 0 aliphatic carbocycles. The highest BCUT2D eigenvalue weighted by Gasteiger charge is 2.08. The van der Waals surface area contributed by atoms with E-state index in [1.54, 1.807) is 0 Å². The zero-order valence-corrected chi connectivity index (χ0v) is 15.4. The molecule has 2 aromatic rings. The fourth-order valence-electron chi connectivity index (χ4n) is 2.17. The number of anilines is 1. The molecule has 0 fully saturated rings. The van der Waals surface area contributed by atoms with E-state index in [1.807, 2.05) is 12.1 Å². The first kappa shape index (κ1) is 18.4. The van der Waals surface area contributed by atoms with Gasteiger partial charge in [-0.2, -0.15) is 0 Å². The SMILES string of the molecule is CCCc1nnc(NC(=O)CCCOc2ccc(C(C)C)cc2)s1. The molecule has 0 unspecified atom stereocenters. The monoisotopic (exact) mass is 347 g/mol. The first-order valence-electron chi connectivity index (χ1n) is 8.43. The number of ether oxygens (including phenoxy) is 1. The molecule has 1 aromatic carbocycles. The molecule has 2 rings (SSSR count). The third kappa shape index (κ3) is 5.92. The molecule has 130 valence electrons. The van der Waals surface area contributed by atoms with Gasteiger partial charge in [-0.05, 0) is 36.5 Å². The second-order valence-electron chi connectivity index (χ2n) is 5.97. The van der Waals surface area contributed by atoms with Crippen LogP contribution in [-0.2, 0) is 11.2 Å². The fourth-order valence-corrected chi connectivity index (χ4v) is 3.03.